The van der Waals surface area contributed by atoms with E-state index in [-0.39, 0.29) is 5.54 Å². The van der Waals surface area contributed by atoms with E-state index in [2.05, 4.69) is 31.2 Å². The minimum atomic E-state index is -0.568. The van der Waals surface area contributed by atoms with Gasteiger partial charge >= 0.3 is 0 Å². The van der Waals surface area contributed by atoms with E-state index in [1.165, 1.54) is 12.1 Å². The van der Waals surface area contributed by atoms with Crippen LogP contribution in [-0.4, -0.2) is 15.3 Å². The molecule has 0 spiro atoms. The van der Waals surface area contributed by atoms with Crippen LogP contribution in [0.3, 0.4) is 0 Å². The van der Waals surface area contributed by atoms with Gasteiger partial charge in [0.2, 0.25) is 0 Å². The molecule has 108 valence electrons. The molecule has 0 aliphatic heterocycles. The zero-order chi connectivity index (χ0) is 14.8. The van der Waals surface area contributed by atoms with Crippen molar-refractivity contribution in [2.45, 2.75) is 39.4 Å². The number of hydrogen-bond donors (Lipinski definition) is 1. The third-order valence-corrected chi connectivity index (χ3v) is 2.86. The fourth-order valence-electron chi connectivity index (χ4n) is 1.88. The maximum atomic E-state index is 13.2. The van der Waals surface area contributed by atoms with Crippen molar-refractivity contribution >= 4 is 0 Å². The van der Waals surface area contributed by atoms with Crippen LogP contribution < -0.4 is 5.32 Å². The predicted molar refractivity (Wildman–Crippen MR) is 74.3 cm³/mol. The van der Waals surface area contributed by atoms with Crippen LogP contribution in [0.15, 0.2) is 30.5 Å². The average molecular weight is 279 g/mol. The van der Waals surface area contributed by atoms with Crippen molar-refractivity contribution in [3.05, 3.63) is 53.4 Å². The molecule has 1 aromatic carbocycles. The van der Waals surface area contributed by atoms with E-state index in [1.54, 1.807) is 10.9 Å². The molecular weight excluding hydrogens is 260 g/mol. The fraction of sp³-hybridized carbons (Fsp3) is 0.400. The van der Waals surface area contributed by atoms with Crippen LogP contribution in [-0.2, 0) is 13.1 Å². The summed E-state index contributed by atoms with van der Waals surface area (Å²) in [5.41, 5.74) is 1.54. The van der Waals surface area contributed by atoms with E-state index in [4.69, 9.17) is 0 Å². The van der Waals surface area contributed by atoms with Gasteiger partial charge in [0.25, 0.3) is 0 Å². The molecule has 0 aliphatic rings. The van der Waals surface area contributed by atoms with Crippen molar-refractivity contribution < 1.29 is 8.78 Å². The Kier molecular flexibility index (Phi) is 4.18. The van der Waals surface area contributed by atoms with Gasteiger partial charge in [-0.25, -0.2) is 8.78 Å². The minimum Gasteiger partial charge on any atom is -0.306 e. The summed E-state index contributed by atoms with van der Waals surface area (Å²) in [6.45, 7) is 7.24. The first-order valence-electron chi connectivity index (χ1n) is 6.54. The Bertz CT molecular complexity index is 565. The van der Waals surface area contributed by atoms with Crippen molar-refractivity contribution in [2.24, 2.45) is 0 Å². The third kappa shape index (κ3) is 4.13. The van der Waals surface area contributed by atoms with Gasteiger partial charge in [-0.15, -0.1) is 0 Å². The summed E-state index contributed by atoms with van der Waals surface area (Å²) in [4.78, 5) is 0. The summed E-state index contributed by atoms with van der Waals surface area (Å²) < 4.78 is 28.1. The van der Waals surface area contributed by atoms with Crippen LogP contribution in [0.2, 0.25) is 0 Å². The van der Waals surface area contributed by atoms with Gasteiger partial charge in [-0.1, -0.05) is 0 Å². The molecule has 2 rings (SSSR count). The summed E-state index contributed by atoms with van der Waals surface area (Å²) in [5.74, 6) is -1.14. The van der Waals surface area contributed by atoms with Crippen LogP contribution in [0.1, 0.15) is 32.0 Å². The lowest BCUT2D eigenvalue weighted by Gasteiger charge is -2.20. The van der Waals surface area contributed by atoms with Crippen LogP contribution in [0.25, 0.3) is 0 Å². The molecule has 1 aromatic heterocycles. The highest BCUT2D eigenvalue weighted by atomic mass is 19.1. The van der Waals surface area contributed by atoms with E-state index in [0.717, 1.165) is 11.8 Å². The SMILES string of the molecule is CC(C)(C)NCc1ccnn1Cc1cc(F)cc(F)c1. The standard InChI is InChI=1S/C15H19F2N3/c1-15(2,3)18-9-14-4-5-19-20(14)10-11-6-12(16)8-13(17)7-11/h4-8,18H,9-10H2,1-3H3. The normalized spacial score (nSPS) is 11.8. The third-order valence-electron chi connectivity index (χ3n) is 2.86. The summed E-state index contributed by atoms with van der Waals surface area (Å²) in [5, 5.41) is 7.57. The largest absolute Gasteiger partial charge is 0.306 e. The average Bonchev–Trinajstić information content (AvgIpc) is 2.71. The molecular formula is C15H19F2N3. The van der Waals surface area contributed by atoms with Gasteiger partial charge in [0, 0.05) is 24.3 Å². The molecule has 0 bridgehead atoms. The van der Waals surface area contributed by atoms with E-state index >= 15 is 0 Å². The molecule has 1 N–H and O–H groups in total. The lowest BCUT2D eigenvalue weighted by Crippen LogP contribution is -2.35. The number of rotatable bonds is 4. The molecule has 0 saturated carbocycles. The Labute approximate surface area is 117 Å². The fourth-order valence-corrected chi connectivity index (χ4v) is 1.88. The van der Waals surface area contributed by atoms with Crippen LogP contribution in [0.5, 0.6) is 0 Å². The van der Waals surface area contributed by atoms with Crippen molar-refractivity contribution in [2.75, 3.05) is 0 Å². The minimum absolute atomic E-state index is 0.0000627. The van der Waals surface area contributed by atoms with Gasteiger partial charge in [0.1, 0.15) is 11.6 Å². The highest BCUT2D eigenvalue weighted by molar-refractivity contribution is 5.19. The van der Waals surface area contributed by atoms with Crippen LogP contribution in [0, 0.1) is 11.6 Å². The molecule has 5 heteroatoms. The number of nitrogens with zero attached hydrogens (tertiary/aromatic N) is 2. The molecule has 0 fully saturated rings. The number of hydrogen-bond acceptors (Lipinski definition) is 2. The predicted octanol–water partition coefficient (Wildman–Crippen LogP) is 3.10. The monoisotopic (exact) mass is 279 g/mol. The Hall–Kier alpha value is -1.75. The first kappa shape index (κ1) is 14.7. The molecule has 0 unspecified atom stereocenters. The smallest absolute Gasteiger partial charge is 0.126 e. The zero-order valence-corrected chi connectivity index (χ0v) is 12.0. The van der Waals surface area contributed by atoms with E-state index < -0.39 is 11.6 Å². The Balaban J connectivity index is 2.12. The van der Waals surface area contributed by atoms with E-state index in [9.17, 15) is 8.78 Å². The molecule has 0 amide bonds. The first-order chi connectivity index (χ1) is 9.33. The van der Waals surface area contributed by atoms with Gasteiger partial charge in [-0.05, 0) is 44.5 Å². The highest BCUT2D eigenvalue weighted by Crippen LogP contribution is 2.11. The topological polar surface area (TPSA) is 29.9 Å². The highest BCUT2D eigenvalue weighted by Gasteiger charge is 2.11. The zero-order valence-electron chi connectivity index (χ0n) is 12.0. The molecule has 0 radical (unpaired) electrons. The quantitative estimate of drug-likeness (QED) is 0.932. The van der Waals surface area contributed by atoms with Gasteiger partial charge in [0.15, 0.2) is 0 Å². The Morgan fingerprint density at radius 2 is 1.80 bits per heavy atom. The molecule has 2 aromatic rings. The second kappa shape index (κ2) is 5.71. The molecule has 3 nitrogen and oxygen atoms in total. The summed E-state index contributed by atoms with van der Waals surface area (Å²) in [7, 11) is 0. The second-order valence-corrected chi connectivity index (χ2v) is 5.86. The van der Waals surface area contributed by atoms with Gasteiger partial charge < -0.3 is 5.32 Å². The number of benzene rings is 1. The number of halogens is 2. The van der Waals surface area contributed by atoms with E-state index in [1.807, 2.05) is 6.07 Å². The van der Waals surface area contributed by atoms with Crippen LogP contribution >= 0.6 is 0 Å². The number of nitrogens with one attached hydrogen (secondary N) is 1. The maximum absolute atomic E-state index is 13.2. The Morgan fingerprint density at radius 3 is 2.40 bits per heavy atom. The molecule has 20 heavy (non-hydrogen) atoms. The van der Waals surface area contributed by atoms with Gasteiger partial charge in [-0.3, -0.25) is 4.68 Å². The molecule has 0 saturated heterocycles. The first-order valence-corrected chi connectivity index (χ1v) is 6.54. The maximum Gasteiger partial charge on any atom is 0.126 e. The van der Waals surface area contributed by atoms with Gasteiger partial charge in [0.05, 0.1) is 12.2 Å². The van der Waals surface area contributed by atoms with Crippen LogP contribution in [0.4, 0.5) is 8.78 Å². The number of aromatic nitrogens is 2. The van der Waals surface area contributed by atoms with Crippen molar-refractivity contribution in [1.82, 2.24) is 15.1 Å². The Morgan fingerprint density at radius 1 is 1.15 bits per heavy atom. The summed E-state index contributed by atoms with van der Waals surface area (Å²) >= 11 is 0. The molecule has 0 atom stereocenters. The lowest BCUT2D eigenvalue weighted by molar-refractivity contribution is 0.414. The summed E-state index contributed by atoms with van der Waals surface area (Å²) in [6, 6.07) is 5.42. The summed E-state index contributed by atoms with van der Waals surface area (Å²) in [6.07, 6.45) is 1.69. The molecule has 0 aliphatic carbocycles. The van der Waals surface area contributed by atoms with Gasteiger partial charge in [-0.2, -0.15) is 5.10 Å². The lowest BCUT2D eigenvalue weighted by atomic mass is 10.1. The van der Waals surface area contributed by atoms with Crippen molar-refractivity contribution in [3.8, 4) is 0 Å². The van der Waals surface area contributed by atoms with E-state index in [0.29, 0.717) is 18.7 Å². The second-order valence-electron chi connectivity index (χ2n) is 5.86. The van der Waals surface area contributed by atoms with Crippen molar-refractivity contribution in [3.63, 3.8) is 0 Å². The van der Waals surface area contributed by atoms with Crippen molar-refractivity contribution in [1.29, 1.82) is 0 Å². The molecule has 1 heterocycles.